The SMILES string of the molecule is CC(C)(C)c1cc(Br)ccc1OCC(=O)Nc1cccc(OCc2ccccc2)c1. The van der Waals surface area contributed by atoms with Crippen molar-refractivity contribution in [1.82, 2.24) is 0 Å². The molecule has 30 heavy (non-hydrogen) atoms. The molecule has 0 aliphatic carbocycles. The summed E-state index contributed by atoms with van der Waals surface area (Å²) < 4.78 is 12.6. The van der Waals surface area contributed by atoms with Crippen molar-refractivity contribution in [1.29, 1.82) is 0 Å². The van der Waals surface area contributed by atoms with Crippen LogP contribution in [0.4, 0.5) is 5.69 Å². The summed E-state index contributed by atoms with van der Waals surface area (Å²) in [4.78, 5) is 12.4. The van der Waals surface area contributed by atoms with E-state index in [1.54, 1.807) is 6.07 Å². The Morgan fingerprint density at radius 1 is 0.933 bits per heavy atom. The van der Waals surface area contributed by atoms with Gasteiger partial charge < -0.3 is 14.8 Å². The van der Waals surface area contributed by atoms with E-state index in [-0.39, 0.29) is 17.9 Å². The Kier molecular flexibility index (Phi) is 7.16. The number of rotatable bonds is 7. The van der Waals surface area contributed by atoms with Crippen LogP contribution in [-0.4, -0.2) is 12.5 Å². The molecule has 0 aliphatic rings. The zero-order valence-corrected chi connectivity index (χ0v) is 19.0. The molecular weight excluding hydrogens is 442 g/mol. The van der Waals surface area contributed by atoms with Crippen molar-refractivity contribution in [3.63, 3.8) is 0 Å². The lowest BCUT2D eigenvalue weighted by Gasteiger charge is -2.23. The molecule has 4 nitrogen and oxygen atoms in total. The molecule has 3 rings (SSSR count). The summed E-state index contributed by atoms with van der Waals surface area (Å²) in [6.45, 7) is 6.74. The van der Waals surface area contributed by atoms with Crippen LogP contribution in [0.1, 0.15) is 31.9 Å². The number of benzene rings is 3. The van der Waals surface area contributed by atoms with E-state index < -0.39 is 0 Å². The van der Waals surface area contributed by atoms with Crippen molar-refractivity contribution in [3.05, 3.63) is 88.4 Å². The van der Waals surface area contributed by atoms with Gasteiger partial charge >= 0.3 is 0 Å². The predicted octanol–water partition coefficient (Wildman–Crippen LogP) is 6.34. The van der Waals surface area contributed by atoms with Crippen LogP contribution in [0, 0.1) is 0 Å². The quantitative estimate of drug-likeness (QED) is 0.440. The van der Waals surface area contributed by atoms with Gasteiger partial charge in [0, 0.05) is 21.8 Å². The number of amides is 1. The van der Waals surface area contributed by atoms with Crippen LogP contribution in [0.25, 0.3) is 0 Å². The van der Waals surface area contributed by atoms with Gasteiger partial charge in [0.05, 0.1) is 0 Å². The number of ether oxygens (including phenoxy) is 2. The van der Waals surface area contributed by atoms with E-state index in [1.807, 2.05) is 66.7 Å². The lowest BCUT2D eigenvalue weighted by Crippen LogP contribution is -2.22. The van der Waals surface area contributed by atoms with Crippen LogP contribution in [0.15, 0.2) is 77.3 Å². The highest BCUT2D eigenvalue weighted by atomic mass is 79.9. The summed E-state index contributed by atoms with van der Waals surface area (Å²) in [5, 5.41) is 2.87. The third-order valence-electron chi connectivity index (χ3n) is 4.47. The molecule has 5 heteroatoms. The summed E-state index contributed by atoms with van der Waals surface area (Å²) in [5.41, 5.74) is 2.70. The van der Waals surface area contributed by atoms with Crippen molar-refractivity contribution in [2.24, 2.45) is 0 Å². The number of carbonyl (C=O) groups is 1. The third-order valence-corrected chi connectivity index (χ3v) is 4.97. The smallest absolute Gasteiger partial charge is 0.262 e. The van der Waals surface area contributed by atoms with Crippen LogP contribution >= 0.6 is 15.9 Å². The first-order valence-corrected chi connectivity index (χ1v) is 10.6. The van der Waals surface area contributed by atoms with E-state index in [0.717, 1.165) is 15.6 Å². The average Bonchev–Trinajstić information content (AvgIpc) is 2.72. The highest BCUT2D eigenvalue weighted by Crippen LogP contribution is 2.33. The molecule has 156 valence electrons. The first-order valence-electron chi connectivity index (χ1n) is 9.81. The van der Waals surface area contributed by atoms with Crippen LogP contribution in [0.5, 0.6) is 11.5 Å². The van der Waals surface area contributed by atoms with Gasteiger partial charge in [0.25, 0.3) is 5.91 Å². The molecule has 3 aromatic carbocycles. The number of nitrogens with one attached hydrogen (secondary N) is 1. The molecule has 0 unspecified atom stereocenters. The maximum atomic E-state index is 12.4. The minimum atomic E-state index is -0.224. The predicted molar refractivity (Wildman–Crippen MR) is 124 cm³/mol. The van der Waals surface area contributed by atoms with Crippen LogP contribution < -0.4 is 14.8 Å². The Morgan fingerprint density at radius 3 is 2.43 bits per heavy atom. The summed E-state index contributed by atoms with van der Waals surface area (Å²) >= 11 is 3.50. The van der Waals surface area contributed by atoms with Crippen LogP contribution in [0.2, 0.25) is 0 Å². The van der Waals surface area contributed by atoms with Gasteiger partial charge in [-0.05, 0) is 41.3 Å². The topological polar surface area (TPSA) is 47.6 Å². The van der Waals surface area contributed by atoms with Gasteiger partial charge in [-0.15, -0.1) is 0 Å². The Balaban J connectivity index is 1.58. The molecule has 1 amide bonds. The normalized spacial score (nSPS) is 11.1. The Labute approximate surface area is 186 Å². The van der Waals surface area contributed by atoms with Gasteiger partial charge in [-0.3, -0.25) is 4.79 Å². The molecule has 0 spiro atoms. The van der Waals surface area contributed by atoms with Gasteiger partial charge in [-0.1, -0.05) is 73.1 Å². The maximum Gasteiger partial charge on any atom is 0.262 e. The molecule has 0 atom stereocenters. The lowest BCUT2D eigenvalue weighted by molar-refractivity contribution is -0.118. The number of hydrogen-bond acceptors (Lipinski definition) is 3. The second-order valence-corrected chi connectivity index (χ2v) is 8.95. The number of carbonyl (C=O) groups excluding carboxylic acids is 1. The third kappa shape index (κ3) is 6.36. The number of hydrogen-bond donors (Lipinski definition) is 1. The fourth-order valence-corrected chi connectivity index (χ4v) is 3.32. The largest absolute Gasteiger partial charge is 0.489 e. The Bertz CT molecular complexity index is 997. The number of halogens is 1. The molecule has 0 saturated carbocycles. The first kappa shape index (κ1) is 21.9. The lowest BCUT2D eigenvalue weighted by atomic mass is 9.86. The van der Waals surface area contributed by atoms with Crippen LogP contribution in [0.3, 0.4) is 0 Å². The average molecular weight is 468 g/mol. The minimum absolute atomic E-state index is 0.0696. The molecule has 0 saturated heterocycles. The van der Waals surface area contributed by atoms with E-state index in [2.05, 4.69) is 42.0 Å². The molecule has 0 fully saturated rings. The summed E-state index contributed by atoms with van der Waals surface area (Å²) in [7, 11) is 0. The standard InChI is InChI=1S/C25H26BrNO3/c1-25(2,3)22-14-19(26)12-13-23(22)30-17-24(28)27-20-10-7-11-21(15-20)29-16-18-8-5-4-6-9-18/h4-15H,16-17H2,1-3H3,(H,27,28). The fraction of sp³-hybridized carbons (Fsp3) is 0.240. The van der Waals surface area contributed by atoms with Gasteiger partial charge in [0.15, 0.2) is 6.61 Å². The Morgan fingerprint density at radius 2 is 1.70 bits per heavy atom. The zero-order chi connectivity index (χ0) is 21.6. The van der Waals surface area contributed by atoms with Crippen molar-refractivity contribution in [2.45, 2.75) is 32.8 Å². The monoisotopic (exact) mass is 467 g/mol. The molecule has 0 radical (unpaired) electrons. The highest BCUT2D eigenvalue weighted by molar-refractivity contribution is 9.10. The van der Waals surface area contributed by atoms with E-state index >= 15 is 0 Å². The molecule has 1 N–H and O–H groups in total. The molecular formula is C25H26BrNO3. The van der Waals surface area contributed by atoms with E-state index in [4.69, 9.17) is 9.47 Å². The molecule has 0 bridgehead atoms. The van der Waals surface area contributed by atoms with E-state index in [9.17, 15) is 4.79 Å². The second kappa shape index (κ2) is 9.81. The molecule has 0 aromatic heterocycles. The number of anilines is 1. The van der Waals surface area contributed by atoms with Crippen molar-refractivity contribution >= 4 is 27.5 Å². The second-order valence-electron chi connectivity index (χ2n) is 8.03. The van der Waals surface area contributed by atoms with E-state index in [1.165, 1.54) is 0 Å². The molecule has 3 aromatic rings. The van der Waals surface area contributed by atoms with Crippen LogP contribution in [-0.2, 0) is 16.8 Å². The van der Waals surface area contributed by atoms with Gasteiger partial charge in [0.1, 0.15) is 18.1 Å². The van der Waals surface area contributed by atoms with Crippen molar-refractivity contribution in [3.8, 4) is 11.5 Å². The van der Waals surface area contributed by atoms with E-state index in [0.29, 0.717) is 23.8 Å². The maximum absolute atomic E-state index is 12.4. The Hall–Kier alpha value is -2.79. The van der Waals surface area contributed by atoms with Crippen molar-refractivity contribution in [2.75, 3.05) is 11.9 Å². The van der Waals surface area contributed by atoms with Gasteiger partial charge in [-0.2, -0.15) is 0 Å². The molecule has 0 heterocycles. The van der Waals surface area contributed by atoms with Gasteiger partial charge in [0.2, 0.25) is 0 Å². The minimum Gasteiger partial charge on any atom is -0.489 e. The first-order chi connectivity index (χ1) is 14.3. The van der Waals surface area contributed by atoms with Crippen molar-refractivity contribution < 1.29 is 14.3 Å². The summed E-state index contributed by atoms with van der Waals surface area (Å²) in [6, 6.07) is 23.1. The summed E-state index contributed by atoms with van der Waals surface area (Å²) in [6.07, 6.45) is 0. The molecule has 0 aliphatic heterocycles. The summed E-state index contributed by atoms with van der Waals surface area (Å²) in [5.74, 6) is 1.18. The van der Waals surface area contributed by atoms with Gasteiger partial charge in [-0.25, -0.2) is 0 Å². The highest BCUT2D eigenvalue weighted by Gasteiger charge is 2.20. The zero-order valence-electron chi connectivity index (χ0n) is 17.4. The fourth-order valence-electron chi connectivity index (χ4n) is 2.96.